The van der Waals surface area contributed by atoms with Crippen LogP contribution in [0, 0.1) is 10.1 Å². The van der Waals surface area contributed by atoms with E-state index in [2.05, 4.69) is 24.5 Å². The first-order valence-corrected chi connectivity index (χ1v) is 8.84. The zero-order valence-corrected chi connectivity index (χ0v) is 16.0. The van der Waals surface area contributed by atoms with Crippen molar-refractivity contribution in [2.24, 2.45) is 0 Å². The first-order chi connectivity index (χ1) is 13.8. The highest BCUT2D eigenvalue weighted by molar-refractivity contribution is 5.97. The van der Waals surface area contributed by atoms with Crippen molar-refractivity contribution < 1.29 is 24.0 Å². The highest BCUT2D eigenvalue weighted by Gasteiger charge is 2.14. The zero-order chi connectivity index (χ0) is 21.4. The van der Waals surface area contributed by atoms with Gasteiger partial charge in [0.1, 0.15) is 6.54 Å². The van der Waals surface area contributed by atoms with Crippen molar-refractivity contribution in [3.8, 4) is 0 Å². The van der Waals surface area contributed by atoms with Gasteiger partial charge in [-0.3, -0.25) is 24.5 Å². The van der Waals surface area contributed by atoms with Crippen molar-refractivity contribution in [3.05, 3.63) is 69.8 Å². The highest BCUT2D eigenvalue weighted by atomic mass is 16.6. The molecule has 2 N–H and O–H groups in total. The molecule has 0 spiro atoms. The monoisotopic (exact) mass is 399 g/mol. The molecule has 152 valence electrons. The number of nitrogens with one attached hydrogen (secondary N) is 2. The summed E-state index contributed by atoms with van der Waals surface area (Å²) < 4.78 is 4.81. The summed E-state index contributed by atoms with van der Waals surface area (Å²) in [5.41, 5.74) is 1.51. The molecule has 2 amide bonds. The molecule has 0 aromatic heterocycles. The number of hydrogen-bond acceptors (Lipinski definition) is 6. The number of non-ortho nitro benzene ring substituents is 1. The first-order valence-electron chi connectivity index (χ1n) is 8.84. The van der Waals surface area contributed by atoms with Crippen molar-refractivity contribution in [2.75, 3.05) is 18.5 Å². The molecule has 2 rings (SSSR count). The smallest absolute Gasteiger partial charge is 0.325 e. The maximum absolute atomic E-state index is 12.0. The van der Waals surface area contributed by atoms with Crippen LogP contribution in [0.2, 0.25) is 0 Å². The van der Waals surface area contributed by atoms with Crippen molar-refractivity contribution in [3.63, 3.8) is 0 Å². The second-order valence-corrected chi connectivity index (χ2v) is 6.48. The first kappa shape index (κ1) is 21.5. The van der Waals surface area contributed by atoms with E-state index in [0.717, 1.165) is 11.6 Å². The summed E-state index contributed by atoms with van der Waals surface area (Å²) in [5.74, 6) is -1.62. The number of ether oxygens (including phenoxy) is 1. The lowest BCUT2D eigenvalue weighted by molar-refractivity contribution is -0.384. The largest absolute Gasteiger partial charge is 0.454 e. The number of carbonyl (C=O) groups is 3. The van der Waals surface area contributed by atoms with Gasteiger partial charge in [-0.25, -0.2) is 0 Å². The standard InChI is InChI=1S/C20H21N3O6/c1-13(2)14-6-8-16(9-7-14)22-18(24)12-29-19(25)11-21-20(26)15-4-3-5-17(10-15)23(27)28/h3-10,13H,11-12H2,1-2H3,(H,21,26)(H,22,24). The molecule has 0 radical (unpaired) electrons. The molecule has 0 aliphatic rings. The van der Waals surface area contributed by atoms with Crippen LogP contribution in [0.4, 0.5) is 11.4 Å². The summed E-state index contributed by atoms with van der Waals surface area (Å²) in [6.07, 6.45) is 0. The SMILES string of the molecule is CC(C)c1ccc(NC(=O)COC(=O)CNC(=O)c2cccc([N+](=O)[O-])c2)cc1. The number of esters is 1. The topological polar surface area (TPSA) is 128 Å². The van der Waals surface area contributed by atoms with Gasteiger partial charge in [0.2, 0.25) is 0 Å². The van der Waals surface area contributed by atoms with Crippen LogP contribution in [-0.2, 0) is 14.3 Å². The van der Waals surface area contributed by atoms with Gasteiger partial charge in [-0.15, -0.1) is 0 Å². The molecule has 0 saturated carbocycles. The van der Waals surface area contributed by atoms with Crippen LogP contribution in [0.25, 0.3) is 0 Å². The van der Waals surface area contributed by atoms with Gasteiger partial charge >= 0.3 is 5.97 Å². The summed E-state index contributed by atoms with van der Waals surface area (Å²) >= 11 is 0. The molecule has 9 heteroatoms. The molecule has 0 aliphatic carbocycles. The molecule has 0 bridgehead atoms. The van der Waals surface area contributed by atoms with E-state index in [4.69, 9.17) is 4.74 Å². The fraction of sp³-hybridized carbons (Fsp3) is 0.250. The number of nitrogens with zero attached hydrogens (tertiary/aromatic N) is 1. The molecule has 0 unspecified atom stereocenters. The van der Waals surface area contributed by atoms with Crippen molar-refractivity contribution in [1.29, 1.82) is 0 Å². The molecule has 0 heterocycles. The summed E-state index contributed by atoms with van der Waals surface area (Å²) in [6, 6.07) is 12.4. The van der Waals surface area contributed by atoms with Gasteiger partial charge in [-0.1, -0.05) is 32.0 Å². The number of nitro benzene ring substituents is 1. The normalized spacial score (nSPS) is 10.3. The van der Waals surface area contributed by atoms with Crippen LogP contribution in [-0.4, -0.2) is 35.9 Å². The Morgan fingerprint density at radius 3 is 2.41 bits per heavy atom. The third-order valence-electron chi connectivity index (χ3n) is 3.94. The molecule has 9 nitrogen and oxygen atoms in total. The Labute approximate surface area is 167 Å². The average molecular weight is 399 g/mol. The molecule has 0 atom stereocenters. The minimum Gasteiger partial charge on any atom is -0.454 e. The van der Waals surface area contributed by atoms with Crippen molar-refractivity contribution in [1.82, 2.24) is 5.32 Å². The summed E-state index contributed by atoms with van der Waals surface area (Å²) in [4.78, 5) is 45.6. The number of nitro groups is 1. The van der Waals surface area contributed by atoms with Gasteiger partial charge in [0.15, 0.2) is 6.61 Å². The second-order valence-electron chi connectivity index (χ2n) is 6.48. The van der Waals surface area contributed by atoms with E-state index >= 15 is 0 Å². The fourth-order valence-electron chi connectivity index (χ4n) is 2.36. The minimum atomic E-state index is -0.811. The lowest BCUT2D eigenvalue weighted by Gasteiger charge is -2.09. The van der Waals surface area contributed by atoms with Crippen LogP contribution < -0.4 is 10.6 Å². The van der Waals surface area contributed by atoms with E-state index in [1.54, 1.807) is 12.1 Å². The number of amides is 2. The Hall–Kier alpha value is -3.75. The van der Waals surface area contributed by atoms with Crippen LogP contribution in [0.15, 0.2) is 48.5 Å². The third kappa shape index (κ3) is 6.73. The van der Waals surface area contributed by atoms with E-state index in [0.29, 0.717) is 11.6 Å². The quantitative estimate of drug-likeness (QED) is 0.399. The fourth-order valence-corrected chi connectivity index (χ4v) is 2.36. The highest BCUT2D eigenvalue weighted by Crippen LogP contribution is 2.17. The molecular weight excluding hydrogens is 378 g/mol. The number of rotatable bonds is 8. The van der Waals surface area contributed by atoms with Crippen molar-refractivity contribution in [2.45, 2.75) is 19.8 Å². The van der Waals surface area contributed by atoms with Crippen LogP contribution >= 0.6 is 0 Å². The molecule has 2 aromatic rings. The maximum atomic E-state index is 12.0. The van der Waals surface area contributed by atoms with E-state index in [1.165, 1.54) is 18.2 Å². The van der Waals surface area contributed by atoms with Gasteiger partial charge in [0.05, 0.1) is 4.92 Å². The molecule has 2 aromatic carbocycles. The van der Waals surface area contributed by atoms with Gasteiger partial charge in [0, 0.05) is 23.4 Å². The molecule has 0 saturated heterocycles. The van der Waals surface area contributed by atoms with Crippen LogP contribution in [0.5, 0.6) is 0 Å². The lowest BCUT2D eigenvalue weighted by Crippen LogP contribution is -2.32. The number of anilines is 1. The lowest BCUT2D eigenvalue weighted by atomic mass is 10.0. The predicted octanol–water partition coefficient (Wildman–Crippen LogP) is 2.63. The molecule has 29 heavy (non-hydrogen) atoms. The summed E-state index contributed by atoms with van der Waals surface area (Å²) in [5, 5.41) is 15.6. The minimum absolute atomic E-state index is 0.0367. The molecular formula is C20H21N3O6. The van der Waals surface area contributed by atoms with E-state index in [1.807, 2.05) is 12.1 Å². The van der Waals surface area contributed by atoms with Crippen LogP contribution in [0.1, 0.15) is 35.7 Å². The van der Waals surface area contributed by atoms with E-state index in [9.17, 15) is 24.5 Å². The van der Waals surface area contributed by atoms with Gasteiger partial charge in [-0.05, 0) is 29.7 Å². The number of hydrogen-bond donors (Lipinski definition) is 2. The van der Waals surface area contributed by atoms with Gasteiger partial charge < -0.3 is 15.4 Å². The van der Waals surface area contributed by atoms with E-state index in [-0.39, 0.29) is 11.3 Å². The number of benzene rings is 2. The molecule has 0 aliphatic heterocycles. The Bertz CT molecular complexity index is 909. The van der Waals surface area contributed by atoms with Gasteiger partial charge in [0.25, 0.3) is 17.5 Å². The Morgan fingerprint density at radius 2 is 1.79 bits per heavy atom. The predicted molar refractivity (Wildman–Crippen MR) is 106 cm³/mol. The zero-order valence-electron chi connectivity index (χ0n) is 16.0. The van der Waals surface area contributed by atoms with Crippen molar-refractivity contribution >= 4 is 29.2 Å². The maximum Gasteiger partial charge on any atom is 0.325 e. The van der Waals surface area contributed by atoms with Gasteiger partial charge in [-0.2, -0.15) is 0 Å². The van der Waals surface area contributed by atoms with Crippen LogP contribution in [0.3, 0.4) is 0 Å². The third-order valence-corrected chi connectivity index (χ3v) is 3.94. The average Bonchev–Trinajstić information content (AvgIpc) is 2.70. The number of carbonyl (C=O) groups excluding carboxylic acids is 3. The summed E-state index contributed by atoms with van der Waals surface area (Å²) in [7, 11) is 0. The second kappa shape index (κ2) is 9.98. The Kier molecular flexibility index (Phi) is 7.41. The Balaban J connectivity index is 1.76. The Morgan fingerprint density at radius 1 is 1.10 bits per heavy atom. The van der Waals surface area contributed by atoms with E-state index < -0.39 is 35.9 Å². The molecule has 0 fully saturated rings. The summed E-state index contributed by atoms with van der Waals surface area (Å²) in [6.45, 7) is 3.14.